The van der Waals surface area contributed by atoms with Crippen molar-refractivity contribution in [3.05, 3.63) is 53.3 Å². The maximum Gasteiger partial charge on any atom is 0.395 e. The normalized spacial score (nSPS) is 22.2. The number of hydrogen-bond donors (Lipinski definition) is 1. The van der Waals surface area contributed by atoms with Crippen molar-refractivity contribution in [1.29, 1.82) is 0 Å². The minimum atomic E-state index is -3.73. The summed E-state index contributed by atoms with van der Waals surface area (Å²) >= 11 is 0. The molecule has 3 amide bonds. The molecule has 1 unspecified atom stereocenters. The Morgan fingerprint density at radius 3 is 2.42 bits per heavy atom. The number of likely N-dealkylation sites (tertiary alicyclic amines) is 1. The quantitative estimate of drug-likeness (QED) is 0.211. The number of pyridine rings is 1. The van der Waals surface area contributed by atoms with Crippen molar-refractivity contribution in [2.45, 2.75) is 101 Å². The number of hydrogen-bond acceptors (Lipinski definition) is 6. The lowest BCUT2D eigenvalue weighted by atomic mass is 9.88. The second-order valence-electron chi connectivity index (χ2n) is 13.2. The molecule has 0 radical (unpaired) electrons. The van der Waals surface area contributed by atoms with Crippen LogP contribution in [0.2, 0.25) is 0 Å². The lowest BCUT2D eigenvalue weighted by Crippen LogP contribution is -2.56. The summed E-state index contributed by atoms with van der Waals surface area (Å²) in [5.74, 6) is -3.63. The van der Waals surface area contributed by atoms with E-state index in [0.717, 1.165) is 25.0 Å². The molecular weight excluding hydrogens is 670 g/mol. The van der Waals surface area contributed by atoms with Crippen LogP contribution in [0.25, 0.3) is 0 Å². The number of carbonyl (C=O) groups is 3. The zero-order valence-corrected chi connectivity index (χ0v) is 27.6. The number of terminal acetylenes is 1. The number of halogens is 6. The molecule has 2 saturated carbocycles. The Morgan fingerprint density at radius 2 is 1.82 bits per heavy atom. The summed E-state index contributed by atoms with van der Waals surface area (Å²) in [6, 6.07) is 7.83. The third-order valence-electron chi connectivity index (χ3n) is 9.34. The summed E-state index contributed by atoms with van der Waals surface area (Å²) in [6.07, 6.45) is 3.73. The topological polar surface area (TPSA) is 101 Å². The monoisotopic (exact) mass is 708 g/mol. The fourth-order valence-corrected chi connectivity index (χ4v) is 6.66. The van der Waals surface area contributed by atoms with Crippen LogP contribution in [0.15, 0.2) is 36.4 Å². The maximum absolute atomic E-state index is 13.9. The van der Waals surface area contributed by atoms with E-state index in [0.29, 0.717) is 25.1 Å². The first kappa shape index (κ1) is 36.8. The number of aromatic nitrogens is 1. The van der Waals surface area contributed by atoms with Gasteiger partial charge in [0, 0.05) is 51.7 Å². The van der Waals surface area contributed by atoms with Gasteiger partial charge in [-0.3, -0.25) is 14.4 Å². The number of nitrogens with zero attached hydrogens (tertiary/aromatic N) is 3. The van der Waals surface area contributed by atoms with Crippen LogP contribution in [0.1, 0.15) is 86.5 Å². The smallest absolute Gasteiger partial charge is 0.395 e. The van der Waals surface area contributed by atoms with Gasteiger partial charge in [-0.1, -0.05) is 18.1 Å². The number of ether oxygens (including phenoxy) is 2. The standard InChI is InChI=1S/C35H38F6N4O5/c1-4-34(17-24(20-45(34)21(2)46)23-10-11-28(49-32(36)37)29(16-23)50-33(3,38)39)31(48)42-18-25-6-5-7-27(43-25)30(47)44(19-22-8-9-22)26-12-14-35(40,41)15-13-26/h1,5-7,10-11,16,22,24,26,32H,8-9,12-15,17-20H2,2-3H3,(H,42,48)/t24?,34-/m1/s1. The first-order chi connectivity index (χ1) is 23.5. The molecule has 3 fully saturated rings. The Hall–Kier alpha value is -4.48. The average molecular weight is 709 g/mol. The summed E-state index contributed by atoms with van der Waals surface area (Å²) in [7, 11) is 0. The van der Waals surface area contributed by atoms with E-state index in [1.807, 2.05) is 0 Å². The van der Waals surface area contributed by atoms with Gasteiger partial charge >= 0.3 is 12.7 Å². The molecule has 5 rings (SSSR count). The Bertz CT molecular complexity index is 1630. The van der Waals surface area contributed by atoms with E-state index < -0.39 is 53.4 Å². The largest absolute Gasteiger partial charge is 0.431 e. The van der Waals surface area contributed by atoms with Crippen molar-refractivity contribution in [1.82, 2.24) is 20.1 Å². The molecule has 1 N–H and O–H groups in total. The highest BCUT2D eigenvalue weighted by Gasteiger charge is 2.52. The van der Waals surface area contributed by atoms with E-state index in [2.05, 4.69) is 25.7 Å². The Kier molecular flexibility index (Phi) is 10.6. The SMILES string of the molecule is C#C[C@]1(C(=O)NCc2cccc(C(=O)N(CC3CC3)C3CCC(F)(F)CC3)n2)CC(c2ccc(OC(F)F)c(OC(C)(F)F)c2)CN1C(C)=O. The van der Waals surface area contributed by atoms with Gasteiger partial charge in [0.2, 0.25) is 11.8 Å². The number of nitrogens with one attached hydrogen (secondary N) is 1. The summed E-state index contributed by atoms with van der Waals surface area (Å²) in [5, 5.41) is 2.70. The van der Waals surface area contributed by atoms with Crippen LogP contribution in [0.4, 0.5) is 26.3 Å². The molecule has 1 aliphatic heterocycles. The second-order valence-corrected chi connectivity index (χ2v) is 13.2. The molecule has 2 aliphatic carbocycles. The highest BCUT2D eigenvalue weighted by molar-refractivity contribution is 5.95. The lowest BCUT2D eigenvalue weighted by Gasteiger charge is -2.37. The van der Waals surface area contributed by atoms with Crippen molar-refractivity contribution < 1.29 is 50.2 Å². The first-order valence-electron chi connectivity index (χ1n) is 16.3. The van der Waals surface area contributed by atoms with Crippen molar-refractivity contribution in [3.8, 4) is 23.8 Å². The molecule has 1 aromatic heterocycles. The number of carbonyl (C=O) groups excluding carboxylic acids is 3. The molecule has 270 valence electrons. The van der Waals surface area contributed by atoms with Crippen LogP contribution >= 0.6 is 0 Å². The second kappa shape index (κ2) is 14.4. The molecule has 50 heavy (non-hydrogen) atoms. The van der Waals surface area contributed by atoms with Gasteiger partial charge in [0.1, 0.15) is 5.69 Å². The van der Waals surface area contributed by atoms with E-state index >= 15 is 0 Å². The molecule has 1 saturated heterocycles. The number of alkyl halides is 6. The zero-order chi connectivity index (χ0) is 36.4. The van der Waals surface area contributed by atoms with Gasteiger partial charge in [0.15, 0.2) is 17.0 Å². The fourth-order valence-electron chi connectivity index (χ4n) is 6.66. The van der Waals surface area contributed by atoms with Gasteiger partial charge in [-0.05, 0) is 67.9 Å². The van der Waals surface area contributed by atoms with Crippen LogP contribution in [-0.4, -0.2) is 75.8 Å². The van der Waals surface area contributed by atoms with Crippen molar-refractivity contribution >= 4 is 17.7 Å². The van der Waals surface area contributed by atoms with Gasteiger partial charge in [-0.15, -0.1) is 6.42 Å². The van der Waals surface area contributed by atoms with Gasteiger partial charge in [0.25, 0.3) is 11.8 Å². The first-order valence-corrected chi connectivity index (χ1v) is 16.3. The molecular formula is C35H38F6N4O5. The number of benzene rings is 1. The van der Waals surface area contributed by atoms with Crippen molar-refractivity contribution in [2.75, 3.05) is 13.1 Å². The average Bonchev–Trinajstić information content (AvgIpc) is 3.78. The third kappa shape index (κ3) is 8.62. The highest BCUT2D eigenvalue weighted by Crippen LogP contribution is 2.43. The predicted molar refractivity (Wildman–Crippen MR) is 168 cm³/mol. The molecule has 9 nitrogen and oxygen atoms in total. The van der Waals surface area contributed by atoms with E-state index in [4.69, 9.17) is 6.42 Å². The van der Waals surface area contributed by atoms with E-state index in [1.54, 1.807) is 17.0 Å². The van der Waals surface area contributed by atoms with E-state index in [9.17, 15) is 40.7 Å². The summed E-state index contributed by atoms with van der Waals surface area (Å²) < 4.78 is 90.0. The van der Waals surface area contributed by atoms with Crippen molar-refractivity contribution in [3.63, 3.8) is 0 Å². The van der Waals surface area contributed by atoms with E-state index in [1.165, 1.54) is 24.0 Å². The minimum absolute atomic E-state index is 0.0997. The van der Waals surface area contributed by atoms with Crippen LogP contribution < -0.4 is 14.8 Å². The molecule has 3 aliphatic rings. The Labute approximate surface area is 285 Å². The molecule has 2 heterocycles. The zero-order valence-electron chi connectivity index (χ0n) is 27.6. The molecule has 2 atom stereocenters. The van der Waals surface area contributed by atoms with Crippen LogP contribution in [-0.2, 0) is 16.1 Å². The number of amides is 3. The summed E-state index contributed by atoms with van der Waals surface area (Å²) in [6.45, 7) is -1.49. The van der Waals surface area contributed by atoms with Gasteiger partial charge in [-0.25, -0.2) is 13.8 Å². The summed E-state index contributed by atoms with van der Waals surface area (Å²) in [4.78, 5) is 47.5. The maximum atomic E-state index is 13.9. The van der Waals surface area contributed by atoms with E-state index in [-0.39, 0.29) is 68.4 Å². The molecule has 15 heteroatoms. The Morgan fingerprint density at radius 1 is 1.12 bits per heavy atom. The van der Waals surface area contributed by atoms with Gasteiger partial charge < -0.3 is 24.6 Å². The Balaban J connectivity index is 1.32. The van der Waals surface area contributed by atoms with Gasteiger partial charge in [-0.2, -0.15) is 17.6 Å². The molecule has 0 bridgehead atoms. The third-order valence-corrected chi connectivity index (χ3v) is 9.34. The minimum Gasteiger partial charge on any atom is -0.431 e. The highest BCUT2D eigenvalue weighted by atomic mass is 19.3. The van der Waals surface area contributed by atoms with Crippen LogP contribution in [0, 0.1) is 18.3 Å². The van der Waals surface area contributed by atoms with Crippen LogP contribution in [0.3, 0.4) is 0 Å². The van der Waals surface area contributed by atoms with Crippen molar-refractivity contribution in [2.24, 2.45) is 5.92 Å². The molecule has 1 aromatic carbocycles. The summed E-state index contributed by atoms with van der Waals surface area (Å²) in [5.41, 5.74) is -1.13. The number of rotatable bonds is 12. The fraction of sp³-hybridized carbons (Fsp3) is 0.543. The van der Waals surface area contributed by atoms with Gasteiger partial charge in [0.05, 0.1) is 12.2 Å². The lowest BCUT2D eigenvalue weighted by molar-refractivity contribution is -0.161. The molecule has 2 aromatic rings. The molecule has 0 spiro atoms. The predicted octanol–water partition coefficient (Wildman–Crippen LogP) is 6.13. The van der Waals surface area contributed by atoms with Crippen LogP contribution in [0.5, 0.6) is 11.5 Å².